The minimum absolute atomic E-state index is 0.0363. The molecule has 1 aliphatic rings. The van der Waals surface area contributed by atoms with Gasteiger partial charge in [-0.05, 0) is 70.1 Å². The van der Waals surface area contributed by atoms with Crippen molar-refractivity contribution >= 4 is 34.3 Å². The van der Waals surface area contributed by atoms with Crippen molar-refractivity contribution in [3.8, 4) is 5.75 Å². The lowest BCUT2D eigenvalue weighted by molar-refractivity contribution is -0.121. The molecule has 0 bridgehead atoms. The van der Waals surface area contributed by atoms with Crippen molar-refractivity contribution in [1.29, 1.82) is 0 Å². The number of pyridine rings is 1. The number of nitrogens with one attached hydrogen (secondary N) is 2. The van der Waals surface area contributed by atoms with Crippen LogP contribution in [0.1, 0.15) is 36.2 Å². The molecule has 1 fully saturated rings. The highest BCUT2D eigenvalue weighted by molar-refractivity contribution is 6.14. The van der Waals surface area contributed by atoms with Crippen molar-refractivity contribution in [3.63, 3.8) is 0 Å². The summed E-state index contributed by atoms with van der Waals surface area (Å²) in [7, 11) is 5.71. The normalized spacial score (nSPS) is 18.5. The SMILES string of the molecule is COc1ccc2oc(C(=O)Nc3ccccn3)c(NC(=O)C3CCC(N(C)C)CC3)c2c1. The van der Waals surface area contributed by atoms with Gasteiger partial charge in [0.05, 0.1) is 7.11 Å². The van der Waals surface area contributed by atoms with E-state index in [-0.39, 0.29) is 17.6 Å². The first-order chi connectivity index (χ1) is 15.5. The summed E-state index contributed by atoms with van der Waals surface area (Å²) < 4.78 is 11.2. The maximum atomic E-state index is 13.1. The summed E-state index contributed by atoms with van der Waals surface area (Å²) in [6.07, 6.45) is 5.15. The first-order valence-corrected chi connectivity index (χ1v) is 10.8. The fraction of sp³-hybridized carbons (Fsp3) is 0.375. The van der Waals surface area contributed by atoms with Gasteiger partial charge in [-0.2, -0.15) is 0 Å². The minimum Gasteiger partial charge on any atom is -0.497 e. The number of rotatable bonds is 6. The monoisotopic (exact) mass is 436 g/mol. The van der Waals surface area contributed by atoms with Gasteiger partial charge < -0.3 is 24.7 Å². The zero-order valence-corrected chi connectivity index (χ0v) is 18.6. The largest absolute Gasteiger partial charge is 0.497 e. The Balaban J connectivity index is 1.61. The van der Waals surface area contributed by atoms with Crippen molar-refractivity contribution in [2.45, 2.75) is 31.7 Å². The Morgan fingerprint density at radius 2 is 1.88 bits per heavy atom. The predicted molar refractivity (Wildman–Crippen MR) is 123 cm³/mol. The summed E-state index contributed by atoms with van der Waals surface area (Å²) in [5.74, 6) is 0.361. The molecule has 32 heavy (non-hydrogen) atoms. The highest BCUT2D eigenvalue weighted by Gasteiger charge is 2.30. The van der Waals surface area contributed by atoms with Crippen molar-refractivity contribution < 1.29 is 18.7 Å². The van der Waals surface area contributed by atoms with Crippen molar-refractivity contribution in [3.05, 3.63) is 48.4 Å². The Kier molecular flexibility index (Phi) is 6.41. The summed E-state index contributed by atoms with van der Waals surface area (Å²) in [5, 5.41) is 6.33. The summed E-state index contributed by atoms with van der Waals surface area (Å²) >= 11 is 0. The van der Waals surface area contributed by atoms with E-state index in [2.05, 4.69) is 34.6 Å². The van der Waals surface area contributed by atoms with Crippen molar-refractivity contribution in [1.82, 2.24) is 9.88 Å². The number of carbonyl (C=O) groups excluding carboxylic acids is 2. The van der Waals surface area contributed by atoms with E-state index in [0.29, 0.717) is 34.3 Å². The molecule has 1 aliphatic carbocycles. The highest BCUT2D eigenvalue weighted by atomic mass is 16.5. The van der Waals surface area contributed by atoms with Gasteiger partial charge in [0.2, 0.25) is 11.7 Å². The van der Waals surface area contributed by atoms with E-state index in [1.165, 1.54) is 0 Å². The molecule has 1 aromatic carbocycles. The number of nitrogens with zero attached hydrogens (tertiary/aromatic N) is 2. The molecule has 2 heterocycles. The molecule has 8 nitrogen and oxygen atoms in total. The van der Waals surface area contributed by atoms with Crippen LogP contribution in [-0.4, -0.2) is 48.9 Å². The molecule has 4 rings (SSSR count). The fourth-order valence-electron chi connectivity index (χ4n) is 4.18. The summed E-state index contributed by atoms with van der Waals surface area (Å²) in [6.45, 7) is 0. The second-order valence-electron chi connectivity index (χ2n) is 8.30. The first kappa shape index (κ1) is 21.8. The lowest BCUT2D eigenvalue weighted by Crippen LogP contribution is -2.35. The van der Waals surface area contributed by atoms with Gasteiger partial charge in [-0.3, -0.25) is 9.59 Å². The van der Waals surface area contributed by atoms with E-state index in [1.807, 2.05) is 0 Å². The van der Waals surface area contributed by atoms with Gasteiger partial charge >= 0.3 is 0 Å². The molecule has 0 spiro atoms. The third kappa shape index (κ3) is 4.60. The van der Waals surface area contributed by atoms with Crippen molar-refractivity contribution in [2.75, 3.05) is 31.8 Å². The standard InChI is InChI=1S/C24H28N4O4/c1-28(2)16-9-7-15(8-10-16)23(29)27-21-18-14-17(31-3)11-12-19(18)32-22(21)24(30)26-20-6-4-5-13-25-20/h4-6,11-16H,7-10H2,1-3H3,(H,27,29)(H,25,26,30). The van der Waals surface area contributed by atoms with Gasteiger partial charge in [-0.25, -0.2) is 4.98 Å². The average molecular weight is 437 g/mol. The molecule has 2 N–H and O–H groups in total. The molecule has 2 aromatic heterocycles. The Labute approximate surface area is 186 Å². The van der Waals surface area contributed by atoms with Gasteiger partial charge in [-0.1, -0.05) is 6.07 Å². The number of fused-ring (bicyclic) bond motifs is 1. The number of hydrogen-bond donors (Lipinski definition) is 2. The molecule has 0 unspecified atom stereocenters. The molecular formula is C24H28N4O4. The van der Waals surface area contributed by atoms with E-state index in [9.17, 15) is 9.59 Å². The van der Waals surface area contributed by atoms with E-state index >= 15 is 0 Å². The maximum Gasteiger partial charge on any atom is 0.294 e. The molecule has 0 saturated heterocycles. The zero-order chi connectivity index (χ0) is 22.7. The van der Waals surface area contributed by atoms with Gasteiger partial charge in [0.1, 0.15) is 22.8 Å². The van der Waals surface area contributed by atoms with Crippen LogP contribution in [0.25, 0.3) is 11.0 Å². The second-order valence-corrected chi connectivity index (χ2v) is 8.30. The molecule has 8 heteroatoms. The fourth-order valence-corrected chi connectivity index (χ4v) is 4.18. The van der Waals surface area contributed by atoms with Crippen LogP contribution < -0.4 is 15.4 Å². The first-order valence-electron chi connectivity index (χ1n) is 10.8. The van der Waals surface area contributed by atoms with Crippen LogP contribution in [0.2, 0.25) is 0 Å². The van der Waals surface area contributed by atoms with Crippen LogP contribution in [0.4, 0.5) is 11.5 Å². The summed E-state index contributed by atoms with van der Waals surface area (Å²) in [5.41, 5.74) is 0.843. The summed E-state index contributed by atoms with van der Waals surface area (Å²) in [6, 6.07) is 11.0. The molecule has 1 saturated carbocycles. The van der Waals surface area contributed by atoms with E-state index < -0.39 is 5.91 Å². The smallest absolute Gasteiger partial charge is 0.294 e. The van der Waals surface area contributed by atoms with Crippen molar-refractivity contribution in [2.24, 2.45) is 5.92 Å². The number of furan rings is 1. The predicted octanol–water partition coefficient (Wildman–Crippen LogP) is 4.15. The van der Waals surface area contributed by atoms with E-state index in [1.54, 1.807) is 49.7 Å². The van der Waals surface area contributed by atoms with Gasteiger partial charge in [0.25, 0.3) is 5.91 Å². The van der Waals surface area contributed by atoms with Crippen LogP contribution in [0.15, 0.2) is 47.0 Å². The quantitative estimate of drug-likeness (QED) is 0.603. The molecule has 0 atom stereocenters. The molecule has 3 aromatic rings. The molecule has 0 aliphatic heterocycles. The Morgan fingerprint density at radius 1 is 1.09 bits per heavy atom. The van der Waals surface area contributed by atoms with Crippen LogP contribution in [0, 0.1) is 5.92 Å². The van der Waals surface area contributed by atoms with Crippen LogP contribution >= 0.6 is 0 Å². The van der Waals surface area contributed by atoms with Gasteiger partial charge in [0, 0.05) is 23.5 Å². The number of benzene rings is 1. The molecular weight excluding hydrogens is 408 g/mol. The number of hydrogen-bond acceptors (Lipinski definition) is 6. The third-order valence-electron chi connectivity index (χ3n) is 6.05. The maximum absolute atomic E-state index is 13.1. The minimum atomic E-state index is -0.481. The highest BCUT2D eigenvalue weighted by Crippen LogP contribution is 2.35. The van der Waals surface area contributed by atoms with E-state index in [4.69, 9.17) is 9.15 Å². The average Bonchev–Trinajstić information content (AvgIpc) is 3.17. The third-order valence-corrected chi connectivity index (χ3v) is 6.05. The van der Waals surface area contributed by atoms with Gasteiger partial charge in [-0.15, -0.1) is 0 Å². The Bertz CT molecular complexity index is 1100. The number of aromatic nitrogens is 1. The lowest BCUT2D eigenvalue weighted by Gasteiger charge is -2.31. The molecule has 168 valence electrons. The topological polar surface area (TPSA) is 96.7 Å². The number of anilines is 2. The second kappa shape index (κ2) is 9.40. The van der Waals surface area contributed by atoms with Gasteiger partial charge in [0.15, 0.2) is 0 Å². The van der Waals surface area contributed by atoms with Crippen LogP contribution in [0.5, 0.6) is 5.75 Å². The Hall–Kier alpha value is -3.39. The van der Waals surface area contributed by atoms with Crippen LogP contribution in [-0.2, 0) is 4.79 Å². The van der Waals surface area contributed by atoms with E-state index in [0.717, 1.165) is 25.7 Å². The summed E-state index contributed by atoms with van der Waals surface area (Å²) in [4.78, 5) is 32.5. The lowest BCUT2D eigenvalue weighted by atomic mass is 9.85. The molecule has 2 amide bonds. The zero-order valence-electron chi connectivity index (χ0n) is 18.6. The number of carbonyl (C=O) groups is 2. The number of amides is 2. The number of methoxy groups -OCH3 is 1. The van der Waals surface area contributed by atoms with Crippen LogP contribution in [0.3, 0.4) is 0 Å². The Morgan fingerprint density at radius 3 is 2.53 bits per heavy atom. The number of ether oxygens (including phenoxy) is 1. The molecule has 0 radical (unpaired) electrons.